The summed E-state index contributed by atoms with van der Waals surface area (Å²) in [6, 6.07) is 1.36. The predicted octanol–water partition coefficient (Wildman–Crippen LogP) is 0.813. The highest BCUT2D eigenvalue weighted by Crippen LogP contribution is 2.47. The van der Waals surface area contributed by atoms with Gasteiger partial charge in [0.25, 0.3) is 0 Å². The van der Waals surface area contributed by atoms with Gasteiger partial charge >= 0.3 is 0 Å². The summed E-state index contributed by atoms with van der Waals surface area (Å²) in [7, 11) is 1.79. The average Bonchev–Trinajstić information content (AvgIpc) is 2.97. The Morgan fingerprint density at radius 3 is 3.11 bits per heavy atom. The molecule has 0 spiro atoms. The van der Waals surface area contributed by atoms with Gasteiger partial charge in [0.15, 0.2) is 5.82 Å². The average molecular weight is 280 g/mol. The van der Waals surface area contributed by atoms with Crippen LogP contribution in [0, 0.1) is 0 Å². The number of aromatic nitrogens is 2. The molecular formula is C12H16N4O2S. The lowest BCUT2D eigenvalue weighted by atomic mass is 10.2. The number of carbonyl (C=O) groups is 2. The van der Waals surface area contributed by atoms with Crippen LogP contribution < -0.4 is 5.32 Å². The number of nitrogens with one attached hydrogen (secondary N) is 1. The van der Waals surface area contributed by atoms with Crippen molar-refractivity contribution >= 4 is 29.4 Å². The third kappa shape index (κ3) is 2.01. The lowest BCUT2D eigenvalue weighted by Gasteiger charge is -2.29. The van der Waals surface area contributed by atoms with E-state index in [0.717, 1.165) is 6.42 Å². The first-order chi connectivity index (χ1) is 8.99. The molecule has 2 fully saturated rings. The van der Waals surface area contributed by atoms with Gasteiger partial charge in [-0.2, -0.15) is 5.10 Å². The van der Waals surface area contributed by atoms with Gasteiger partial charge < -0.3 is 10.2 Å². The predicted molar refractivity (Wildman–Crippen MR) is 72.6 cm³/mol. The van der Waals surface area contributed by atoms with Gasteiger partial charge in [-0.1, -0.05) is 0 Å². The lowest BCUT2D eigenvalue weighted by molar-refractivity contribution is -0.135. The number of rotatable bonds is 2. The normalized spacial score (nSPS) is 29.7. The molecule has 7 heteroatoms. The summed E-state index contributed by atoms with van der Waals surface area (Å²) in [5.74, 6) is 1.11. The summed E-state index contributed by atoms with van der Waals surface area (Å²) in [5.41, 5.74) is 0. The number of amides is 2. The molecule has 0 radical (unpaired) electrons. The fraction of sp³-hybridized carbons (Fsp3) is 0.583. The molecule has 0 bridgehead atoms. The van der Waals surface area contributed by atoms with Crippen molar-refractivity contribution in [1.29, 1.82) is 0 Å². The summed E-state index contributed by atoms with van der Waals surface area (Å²) in [5, 5.41) is 6.90. The second kappa shape index (κ2) is 4.26. The highest BCUT2D eigenvalue weighted by molar-refractivity contribution is 8.01. The van der Waals surface area contributed by atoms with E-state index in [1.165, 1.54) is 0 Å². The number of carbonyl (C=O) groups excluding carboxylic acids is 2. The fourth-order valence-corrected chi connectivity index (χ4v) is 4.14. The van der Waals surface area contributed by atoms with Crippen molar-refractivity contribution in [3.8, 4) is 0 Å². The van der Waals surface area contributed by atoms with Crippen LogP contribution in [0.25, 0.3) is 0 Å². The van der Waals surface area contributed by atoms with Crippen LogP contribution >= 0.6 is 11.8 Å². The van der Waals surface area contributed by atoms with Gasteiger partial charge in [0, 0.05) is 31.5 Å². The number of nitrogens with zero attached hydrogens (tertiary/aromatic N) is 3. The quantitative estimate of drug-likeness (QED) is 0.870. The molecule has 3 heterocycles. The molecule has 6 nitrogen and oxygen atoms in total. The third-order valence-corrected chi connectivity index (χ3v) is 5.22. The molecule has 2 aliphatic rings. The maximum absolute atomic E-state index is 12.3. The summed E-state index contributed by atoms with van der Waals surface area (Å²) >= 11 is 1.69. The second-order valence-corrected chi connectivity index (χ2v) is 6.63. The zero-order valence-corrected chi connectivity index (χ0v) is 11.7. The van der Waals surface area contributed by atoms with E-state index in [2.05, 4.69) is 10.4 Å². The Labute approximate surface area is 115 Å². The molecule has 0 aliphatic carbocycles. The molecule has 2 atom stereocenters. The standard InChI is InChI=1S/C12H16N4O2S/c1-12-5-3-10(17)16(12)8(7-19-12)11(18)13-9-4-6-15(2)14-9/h4,6,8H,3,5,7H2,1-2H3,(H,13,14,18). The van der Waals surface area contributed by atoms with Crippen LogP contribution in [-0.2, 0) is 16.6 Å². The van der Waals surface area contributed by atoms with Crippen molar-refractivity contribution in [1.82, 2.24) is 14.7 Å². The molecule has 2 aliphatic heterocycles. The SMILES string of the molecule is Cn1ccc(NC(=O)C2CSC3(C)CCC(=O)N23)n1. The van der Waals surface area contributed by atoms with Gasteiger partial charge in [-0.3, -0.25) is 14.3 Å². The van der Waals surface area contributed by atoms with Crippen LogP contribution in [0.1, 0.15) is 19.8 Å². The third-order valence-electron chi connectivity index (χ3n) is 3.71. The van der Waals surface area contributed by atoms with Crippen LogP contribution in [0.2, 0.25) is 0 Å². The number of hydrogen-bond donors (Lipinski definition) is 1. The number of fused-ring (bicyclic) bond motifs is 1. The highest BCUT2D eigenvalue weighted by atomic mass is 32.2. The summed E-state index contributed by atoms with van der Waals surface area (Å²) in [4.78, 5) is 25.8. The van der Waals surface area contributed by atoms with Crippen molar-refractivity contribution in [2.24, 2.45) is 7.05 Å². The maximum atomic E-state index is 12.3. The molecule has 2 saturated heterocycles. The van der Waals surface area contributed by atoms with Crippen molar-refractivity contribution in [2.75, 3.05) is 11.1 Å². The number of hydrogen-bond acceptors (Lipinski definition) is 4. The Morgan fingerprint density at radius 1 is 1.63 bits per heavy atom. The molecule has 0 saturated carbocycles. The second-order valence-electron chi connectivity index (χ2n) is 5.13. The van der Waals surface area contributed by atoms with Crippen LogP contribution in [0.4, 0.5) is 5.82 Å². The summed E-state index contributed by atoms with van der Waals surface area (Å²) in [6.07, 6.45) is 3.13. The van der Waals surface area contributed by atoms with Crippen LogP contribution in [-0.4, -0.2) is 43.2 Å². The molecule has 1 aromatic heterocycles. The molecule has 102 valence electrons. The smallest absolute Gasteiger partial charge is 0.249 e. The van der Waals surface area contributed by atoms with Crippen LogP contribution in [0.3, 0.4) is 0 Å². The molecule has 2 amide bonds. The Morgan fingerprint density at radius 2 is 2.42 bits per heavy atom. The first-order valence-electron chi connectivity index (χ1n) is 6.26. The van der Waals surface area contributed by atoms with E-state index in [9.17, 15) is 9.59 Å². The summed E-state index contributed by atoms with van der Waals surface area (Å²) in [6.45, 7) is 2.04. The van der Waals surface area contributed by atoms with E-state index in [0.29, 0.717) is 18.0 Å². The number of anilines is 1. The van der Waals surface area contributed by atoms with E-state index in [1.54, 1.807) is 40.7 Å². The van der Waals surface area contributed by atoms with Gasteiger partial charge in [-0.15, -0.1) is 11.8 Å². The van der Waals surface area contributed by atoms with Crippen molar-refractivity contribution in [3.63, 3.8) is 0 Å². The van der Waals surface area contributed by atoms with E-state index in [4.69, 9.17) is 0 Å². The Bertz CT molecular complexity index is 544. The highest BCUT2D eigenvalue weighted by Gasteiger charge is 2.52. The molecular weight excluding hydrogens is 264 g/mol. The Kier molecular flexibility index (Phi) is 2.81. The number of thioether (sulfide) groups is 1. The monoisotopic (exact) mass is 280 g/mol. The van der Waals surface area contributed by atoms with Crippen LogP contribution in [0.15, 0.2) is 12.3 Å². The minimum Gasteiger partial charge on any atom is -0.315 e. The summed E-state index contributed by atoms with van der Waals surface area (Å²) < 4.78 is 1.63. The van der Waals surface area contributed by atoms with E-state index in [-0.39, 0.29) is 22.7 Å². The molecule has 3 rings (SSSR count). The van der Waals surface area contributed by atoms with Crippen LogP contribution in [0.5, 0.6) is 0 Å². The molecule has 0 aromatic carbocycles. The molecule has 1 N–H and O–H groups in total. The van der Waals surface area contributed by atoms with Gasteiger partial charge in [0.2, 0.25) is 11.8 Å². The largest absolute Gasteiger partial charge is 0.315 e. The number of aryl methyl sites for hydroxylation is 1. The van der Waals surface area contributed by atoms with Crippen molar-refractivity contribution < 1.29 is 9.59 Å². The van der Waals surface area contributed by atoms with E-state index < -0.39 is 0 Å². The first-order valence-corrected chi connectivity index (χ1v) is 7.25. The topological polar surface area (TPSA) is 67.2 Å². The molecule has 2 unspecified atom stereocenters. The fourth-order valence-electron chi connectivity index (χ4n) is 2.71. The van der Waals surface area contributed by atoms with E-state index >= 15 is 0 Å². The molecule has 19 heavy (non-hydrogen) atoms. The maximum Gasteiger partial charge on any atom is 0.249 e. The first kappa shape index (κ1) is 12.5. The van der Waals surface area contributed by atoms with Gasteiger partial charge in [0.1, 0.15) is 6.04 Å². The van der Waals surface area contributed by atoms with Crippen molar-refractivity contribution in [2.45, 2.75) is 30.7 Å². The van der Waals surface area contributed by atoms with E-state index in [1.807, 2.05) is 6.92 Å². The minimum absolute atomic E-state index is 0.0775. The van der Waals surface area contributed by atoms with Gasteiger partial charge in [-0.05, 0) is 13.3 Å². The molecule has 1 aromatic rings. The van der Waals surface area contributed by atoms with Gasteiger partial charge in [-0.25, -0.2) is 0 Å². The zero-order valence-electron chi connectivity index (χ0n) is 10.9. The van der Waals surface area contributed by atoms with Gasteiger partial charge in [0.05, 0.1) is 4.87 Å². The zero-order chi connectivity index (χ0) is 13.6. The minimum atomic E-state index is -0.382. The lowest BCUT2D eigenvalue weighted by Crippen LogP contribution is -2.48. The van der Waals surface area contributed by atoms with Crippen molar-refractivity contribution in [3.05, 3.63) is 12.3 Å². The Hall–Kier alpha value is -1.50. The Balaban J connectivity index is 1.76.